The highest BCUT2D eigenvalue weighted by Gasteiger charge is 2.43. The van der Waals surface area contributed by atoms with E-state index in [0.29, 0.717) is 34.6 Å². The number of nitrogens with one attached hydrogen (secondary N) is 1. The molecule has 3 aliphatic rings. The minimum absolute atomic E-state index is 0.141. The Morgan fingerprint density at radius 3 is 2.32 bits per heavy atom. The summed E-state index contributed by atoms with van der Waals surface area (Å²) in [6.07, 6.45) is -1.94. The molecule has 2 aliphatic heterocycles. The lowest BCUT2D eigenvalue weighted by atomic mass is 9.85. The largest absolute Gasteiger partial charge is 0.458 e. The summed E-state index contributed by atoms with van der Waals surface area (Å²) in [5.41, 5.74) is 11.6. The van der Waals surface area contributed by atoms with Crippen LogP contribution in [0.4, 0.5) is 13.2 Å². The second-order valence-electron chi connectivity index (χ2n) is 11.2. The normalized spacial score (nSPS) is 17.1. The third-order valence-corrected chi connectivity index (χ3v) is 8.32. The maximum atomic E-state index is 14.5. The predicted molar refractivity (Wildman–Crippen MR) is 169 cm³/mol. The number of carbonyl (C=O) groups excluding carboxylic acids is 3. The summed E-state index contributed by atoms with van der Waals surface area (Å²) in [4.78, 5) is 51.4. The third-order valence-electron chi connectivity index (χ3n) is 8.32. The van der Waals surface area contributed by atoms with Gasteiger partial charge in [-0.15, -0.1) is 0 Å². The molecule has 47 heavy (non-hydrogen) atoms. The average Bonchev–Trinajstić information content (AvgIpc) is 3.42. The minimum Gasteiger partial charge on any atom is -0.458 e. The molecular weight excluding hydrogens is 619 g/mol. The van der Waals surface area contributed by atoms with Crippen molar-refractivity contribution >= 4 is 28.7 Å². The van der Waals surface area contributed by atoms with Gasteiger partial charge in [0.15, 0.2) is 17.7 Å². The van der Waals surface area contributed by atoms with E-state index in [1.165, 1.54) is 13.0 Å². The molecule has 14 heteroatoms. The Labute approximate surface area is 270 Å². The van der Waals surface area contributed by atoms with Gasteiger partial charge in [0.1, 0.15) is 12.4 Å². The van der Waals surface area contributed by atoms with E-state index in [2.05, 4.69) is 5.73 Å². The fraction of sp³-hybridized carbons (Fsp3) is 0.485. The maximum absolute atomic E-state index is 14.5. The lowest BCUT2D eigenvalue weighted by molar-refractivity contribution is -0.398. The summed E-state index contributed by atoms with van der Waals surface area (Å²) in [5.74, 6) is -3.05. The minimum atomic E-state index is -3.05. The number of aromatic nitrogens is 2. The van der Waals surface area contributed by atoms with Crippen molar-refractivity contribution in [3.05, 3.63) is 61.7 Å². The van der Waals surface area contributed by atoms with E-state index in [1.54, 1.807) is 17.6 Å². The van der Waals surface area contributed by atoms with Crippen molar-refractivity contribution in [2.24, 2.45) is 5.73 Å². The quantitative estimate of drug-likeness (QED) is 0.243. The van der Waals surface area contributed by atoms with Gasteiger partial charge >= 0.3 is 5.97 Å². The Morgan fingerprint density at radius 1 is 1.13 bits per heavy atom. The van der Waals surface area contributed by atoms with Gasteiger partial charge in [-0.2, -0.15) is 0 Å². The smallest absolute Gasteiger partial charge is 0.340 e. The van der Waals surface area contributed by atoms with Crippen LogP contribution >= 0.6 is 0 Å². The molecule has 0 saturated carbocycles. The summed E-state index contributed by atoms with van der Waals surface area (Å²) in [7, 11) is 0. The average molecular weight is 663 g/mol. The molecule has 0 bridgehead atoms. The van der Waals surface area contributed by atoms with Crippen molar-refractivity contribution in [1.29, 1.82) is 0 Å². The number of aryl methyl sites for hydroxylation is 2. The fourth-order valence-electron chi connectivity index (χ4n) is 5.67. The number of rotatable bonds is 4. The van der Waals surface area contributed by atoms with Crippen LogP contribution < -0.4 is 22.3 Å². The lowest BCUT2D eigenvalue weighted by Crippen LogP contribution is -2.70. The van der Waals surface area contributed by atoms with E-state index in [4.69, 9.17) is 15.5 Å². The van der Waals surface area contributed by atoms with Gasteiger partial charge in [-0.25, -0.2) is 22.9 Å². The van der Waals surface area contributed by atoms with Crippen molar-refractivity contribution in [1.82, 2.24) is 14.9 Å². The number of pyridine rings is 2. The molecule has 0 saturated heterocycles. The highest BCUT2D eigenvalue weighted by atomic mass is 19.3. The molecule has 6 rings (SSSR count). The van der Waals surface area contributed by atoms with Gasteiger partial charge in [0.05, 0.1) is 29.0 Å². The molecule has 3 atom stereocenters. The molecule has 1 aromatic carbocycles. The zero-order chi connectivity index (χ0) is 35.5. The molecule has 3 unspecified atom stereocenters. The van der Waals surface area contributed by atoms with Crippen LogP contribution in [0.5, 0.6) is 0 Å². The predicted octanol–water partition coefficient (Wildman–Crippen LogP) is 2.75. The molecule has 11 nitrogen and oxygen atoms in total. The van der Waals surface area contributed by atoms with E-state index in [0.717, 1.165) is 48.3 Å². The van der Waals surface area contributed by atoms with Gasteiger partial charge in [-0.05, 0) is 62.8 Å². The van der Waals surface area contributed by atoms with Gasteiger partial charge in [0.2, 0.25) is 5.91 Å². The van der Waals surface area contributed by atoms with E-state index in [-0.39, 0.29) is 23.5 Å². The first kappa shape index (κ1) is 37.2. The van der Waals surface area contributed by atoms with Crippen LogP contribution in [-0.2, 0) is 45.1 Å². The van der Waals surface area contributed by atoms with E-state index in [9.17, 15) is 37.5 Å². The highest BCUT2D eigenvalue weighted by Crippen LogP contribution is 2.42. The number of primary amides is 1. The molecule has 0 fully saturated rings. The standard InChI is InChI=1S/C22H17FN2O4.C7H13F2N3O2.2C2H6/c1-9-10-3-2-4-11-13-7-25-17(19(13)24-16(18(10)11)6-15(9)23)5-12-14(21(25)27)8-29-22(28)20(12)26;1-3(10)4(13)12-7(2,5(8)9)6(11)14;2*1-2/h5-6,20,26H,2-4,7-8H2,1H3;3,5H,10H2,1-2H3,(H2,11,14)(H,12,13);2*1-2H3/p+1. The second-order valence-corrected chi connectivity index (χ2v) is 11.2. The number of quaternary nitrogens is 1. The van der Waals surface area contributed by atoms with Crippen LogP contribution in [0.15, 0.2) is 16.9 Å². The van der Waals surface area contributed by atoms with Crippen molar-refractivity contribution in [2.75, 3.05) is 0 Å². The topological polar surface area (TPSA) is 181 Å². The molecule has 0 spiro atoms. The number of amides is 2. The van der Waals surface area contributed by atoms with Crippen LogP contribution in [0, 0.1) is 12.7 Å². The lowest BCUT2D eigenvalue weighted by Gasteiger charge is -2.26. The number of cyclic esters (lactones) is 1. The van der Waals surface area contributed by atoms with Gasteiger partial charge in [-0.1, -0.05) is 27.7 Å². The van der Waals surface area contributed by atoms with Crippen LogP contribution in [0.2, 0.25) is 0 Å². The maximum Gasteiger partial charge on any atom is 0.340 e. The van der Waals surface area contributed by atoms with Crippen LogP contribution in [-0.4, -0.2) is 50.4 Å². The summed E-state index contributed by atoms with van der Waals surface area (Å²) in [5, 5.41) is 13.1. The number of aliphatic hydroxyl groups is 1. The van der Waals surface area contributed by atoms with E-state index in [1.807, 2.05) is 33.0 Å². The molecule has 4 heterocycles. The number of fused-ring (bicyclic) bond motifs is 5. The molecular formula is C33H43F3N5O6+. The van der Waals surface area contributed by atoms with Crippen molar-refractivity contribution in [3.63, 3.8) is 0 Å². The molecule has 2 amide bonds. The highest BCUT2D eigenvalue weighted by molar-refractivity contribution is 5.93. The Kier molecular flexibility index (Phi) is 11.6. The molecule has 1 aliphatic carbocycles. The first-order valence-corrected chi connectivity index (χ1v) is 15.7. The number of nitrogens with two attached hydrogens (primary N) is 1. The van der Waals surface area contributed by atoms with E-state index < -0.39 is 41.9 Å². The van der Waals surface area contributed by atoms with Gasteiger partial charge in [-0.3, -0.25) is 14.4 Å². The van der Waals surface area contributed by atoms with Crippen molar-refractivity contribution in [2.45, 2.75) is 105 Å². The summed E-state index contributed by atoms with van der Waals surface area (Å²) in [6.45, 7) is 12.3. The number of hydrogen-bond acceptors (Lipinski definition) is 7. The van der Waals surface area contributed by atoms with Crippen LogP contribution in [0.1, 0.15) is 87.4 Å². The molecule has 256 valence electrons. The molecule has 3 aromatic rings. The summed E-state index contributed by atoms with van der Waals surface area (Å²) >= 11 is 0. The Hall–Kier alpha value is -4.30. The van der Waals surface area contributed by atoms with Crippen LogP contribution in [0.25, 0.3) is 22.3 Å². The number of esters is 1. The third kappa shape index (κ3) is 6.61. The zero-order valence-electron chi connectivity index (χ0n) is 27.7. The molecule has 0 radical (unpaired) electrons. The SMILES string of the molecule is CC.CC.CC([NH3+])C(=O)NC(C)(C(N)=O)C(F)F.Cc1c(F)cc2nc3c(c4c2c1CCC4)Cn1c-3cc2c(c1=O)COC(=O)C2O. The summed E-state index contributed by atoms with van der Waals surface area (Å²) in [6, 6.07) is 2.40. The second kappa shape index (κ2) is 14.6. The first-order chi connectivity index (χ1) is 22.2. The fourth-order valence-corrected chi connectivity index (χ4v) is 5.67. The number of halogens is 3. The zero-order valence-corrected chi connectivity index (χ0v) is 27.7. The number of nitrogens with zero attached hydrogens (tertiary/aromatic N) is 2. The van der Waals surface area contributed by atoms with Crippen molar-refractivity contribution in [3.8, 4) is 11.4 Å². The summed E-state index contributed by atoms with van der Waals surface area (Å²) < 4.78 is 45.9. The van der Waals surface area contributed by atoms with Crippen molar-refractivity contribution < 1.29 is 43.1 Å². The van der Waals surface area contributed by atoms with Crippen LogP contribution in [0.3, 0.4) is 0 Å². The van der Waals surface area contributed by atoms with Gasteiger partial charge in [0, 0.05) is 22.6 Å². The number of hydrogen-bond donors (Lipinski definition) is 4. The number of aliphatic hydroxyl groups excluding tert-OH is 1. The number of benzene rings is 1. The Bertz CT molecular complexity index is 1770. The molecule has 2 aromatic heterocycles. The monoisotopic (exact) mass is 662 g/mol. The first-order valence-electron chi connectivity index (χ1n) is 15.7. The number of alkyl halides is 2. The van der Waals surface area contributed by atoms with Gasteiger partial charge in [0.25, 0.3) is 17.9 Å². The Morgan fingerprint density at radius 2 is 1.74 bits per heavy atom. The number of carbonyl (C=O) groups is 3. The molecule has 7 N–H and O–H groups in total. The van der Waals surface area contributed by atoms with Gasteiger partial charge < -0.3 is 31.2 Å². The van der Waals surface area contributed by atoms with E-state index >= 15 is 0 Å². The number of ether oxygens (including phenoxy) is 1. The Balaban J connectivity index is 0.000000285.